The highest BCUT2D eigenvalue weighted by molar-refractivity contribution is 6.31. The molecule has 4 rings (SSSR count). The van der Waals surface area contributed by atoms with E-state index >= 15 is 0 Å². The minimum absolute atomic E-state index is 0.478. The number of halogens is 1. The maximum Gasteiger partial charge on any atom is 0.0412 e. The second-order valence-electron chi connectivity index (χ2n) is 6.84. The zero-order valence-electron chi connectivity index (χ0n) is 16.1. The van der Waals surface area contributed by atoms with Gasteiger partial charge in [-0.05, 0) is 63.4 Å². The van der Waals surface area contributed by atoms with Crippen molar-refractivity contribution in [2.75, 3.05) is 0 Å². The van der Waals surface area contributed by atoms with Gasteiger partial charge in [-0.3, -0.25) is 0 Å². The third-order valence-electron chi connectivity index (χ3n) is 5.21. The Hall–Kier alpha value is -3.01. The van der Waals surface area contributed by atoms with Crippen LogP contribution in [0.25, 0.3) is 27.8 Å². The number of fused-ring (bicyclic) bond motifs is 3. The van der Waals surface area contributed by atoms with Crippen LogP contribution in [0.2, 0.25) is 5.02 Å². The third kappa shape index (κ3) is 3.42. The molecule has 3 aromatic carbocycles. The molecule has 1 heteroatoms. The molecule has 0 bridgehead atoms. The summed E-state index contributed by atoms with van der Waals surface area (Å²) in [6, 6.07) is 21.1. The van der Waals surface area contributed by atoms with Gasteiger partial charge in [0, 0.05) is 10.6 Å². The molecule has 0 heterocycles. The predicted molar refractivity (Wildman–Crippen MR) is 124 cm³/mol. The number of allylic oxidation sites excluding steroid dienone is 1. The van der Waals surface area contributed by atoms with Gasteiger partial charge in [-0.2, -0.15) is 0 Å². The lowest BCUT2D eigenvalue weighted by molar-refractivity contribution is 0.749. The van der Waals surface area contributed by atoms with Crippen LogP contribution in [0.3, 0.4) is 0 Å². The first kappa shape index (κ1) is 19.7. The van der Waals surface area contributed by atoms with E-state index in [-0.39, 0.29) is 0 Å². The molecule has 0 N–H and O–H groups in total. The van der Waals surface area contributed by atoms with E-state index in [1.54, 1.807) is 0 Å². The van der Waals surface area contributed by atoms with E-state index in [9.17, 15) is 0 Å². The van der Waals surface area contributed by atoms with E-state index < -0.39 is 0 Å². The Labute approximate surface area is 173 Å². The first-order valence-electron chi connectivity index (χ1n) is 9.27. The molecule has 0 radical (unpaired) electrons. The molecule has 1 aliphatic carbocycles. The molecule has 1 unspecified atom stereocenters. The highest BCUT2D eigenvalue weighted by Gasteiger charge is 2.25. The third-order valence-corrected chi connectivity index (χ3v) is 5.45. The number of rotatable bonds is 2. The standard InChI is InChI=1S/C25H19Cl.C2H4/c1-4-16(2)24-15-19(26)12-13-22(24)23-11-7-10-20-17(3)14-18-8-5-6-9-21(18)25(20)23;1-2/h1,5-13,15,17H,2,14H2,3H3;1-2H2. The van der Waals surface area contributed by atoms with E-state index in [0.29, 0.717) is 16.5 Å². The Kier molecular flexibility index (Phi) is 5.88. The lowest BCUT2D eigenvalue weighted by Crippen LogP contribution is -2.09. The highest BCUT2D eigenvalue weighted by Crippen LogP contribution is 2.46. The summed E-state index contributed by atoms with van der Waals surface area (Å²) >= 11 is 6.24. The molecule has 138 valence electrons. The fourth-order valence-electron chi connectivity index (χ4n) is 3.97. The smallest absolute Gasteiger partial charge is 0.0412 e. The van der Waals surface area contributed by atoms with Crippen LogP contribution in [0.4, 0.5) is 0 Å². The van der Waals surface area contributed by atoms with Gasteiger partial charge in [-0.15, -0.1) is 19.6 Å². The highest BCUT2D eigenvalue weighted by atomic mass is 35.5. The summed E-state index contributed by atoms with van der Waals surface area (Å²) in [7, 11) is 0. The van der Waals surface area contributed by atoms with E-state index in [0.717, 1.165) is 17.5 Å². The van der Waals surface area contributed by atoms with Crippen LogP contribution in [0.5, 0.6) is 0 Å². The Balaban J connectivity index is 0.00000109. The molecule has 0 aromatic heterocycles. The zero-order valence-corrected chi connectivity index (χ0v) is 16.9. The molecule has 1 aliphatic rings. The summed E-state index contributed by atoms with van der Waals surface area (Å²) in [6.45, 7) is 12.3. The molecule has 1 atom stereocenters. The quantitative estimate of drug-likeness (QED) is 0.313. The first-order valence-corrected chi connectivity index (χ1v) is 9.65. The van der Waals surface area contributed by atoms with Crippen LogP contribution in [0.1, 0.15) is 29.5 Å². The summed E-state index contributed by atoms with van der Waals surface area (Å²) in [5, 5.41) is 0.665. The van der Waals surface area contributed by atoms with E-state index in [4.69, 9.17) is 18.0 Å². The number of hydrogen-bond donors (Lipinski definition) is 0. The van der Waals surface area contributed by atoms with E-state index in [1.165, 1.54) is 27.8 Å². The summed E-state index contributed by atoms with van der Waals surface area (Å²) in [4.78, 5) is 0. The van der Waals surface area contributed by atoms with E-state index in [2.05, 4.69) is 81.1 Å². The lowest BCUT2D eigenvalue weighted by atomic mass is 9.76. The summed E-state index contributed by atoms with van der Waals surface area (Å²) in [6.07, 6.45) is 6.71. The van der Waals surface area contributed by atoms with Gasteiger partial charge in [0.15, 0.2) is 0 Å². The van der Waals surface area contributed by atoms with Gasteiger partial charge in [0.1, 0.15) is 0 Å². The molecular weight excluding hydrogens is 360 g/mol. The van der Waals surface area contributed by atoms with Crippen molar-refractivity contribution in [3.63, 3.8) is 0 Å². The molecule has 3 aromatic rings. The molecule has 0 fully saturated rings. The average molecular weight is 383 g/mol. The first-order chi connectivity index (χ1) is 13.6. The lowest BCUT2D eigenvalue weighted by Gasteiger charge is -2.28. The Bertz CT molecular complexity index is 1080. The Morgan fingerprint density at radius 1 is 1.00 bits per heavy atom. The molecule has 0 saturated carbocycles. The average Bonchev–Trinajstić information content (AvgIpc) is 2.74. The van der Waals surface area contributed by atoms with Crippen LogP contribution >= 0.6 is 11.6 Å². The van der Waals surface area contributed by atoms with Crippen LogP contribution < -0.4 is 0 Å². The van der Waals surface area contributed by atoms with Crippen LogP contribution in [-0.4, -0.2) is 0 Å². The van der Waals surface area contributed by atoms with Gasteiger partial charge in [0.2, 0.25) is 0 Å². The fourth-order valence-corrected chi connectivity index (χ4v) is 4.14. The fraction of sp³-hybridized carbons (Fsp3) is 0.111. The zero-order chi connectivity index (χ0) is 20.3. The maximum absolute atomic E-state index is 6.24. The van der Waals surface area contributed by atoms with Crippen molar-refractivity contribution in [3.8, 4) is 34.6 Å². The molecule has 0 aliphatic heterocycles. The van der Waals surface area contributed by atoms with Gasteiger partial charge in [0.05, 0.1) is 0 Å². The predicted octanol–water partition coefficient (Wildman–Crippen LogP) is 7.78. The summed E-state index contributed by atoms with van der Waals surface area (Å²) in [5.74, 6) is 3.15. The maximum atomic E-state index is 6.24. The van der Waals surface area contributed by atoms with Gasteiger partial charge < -0.3 is 0 Å². The largest absolute Gasteiger partial charge is 0.115 e. The van der Waals surface area contributed by atoms with Gasteiger partial charge in [-0.25, -0.2) is 0 Å². The van der Waals surface area contributed by atoms with Gasteiger partial charge >= 0.3 is 0 Å². The summed E-state index contributed by atoms with van der Waals surface area (Å²) < 4.78 is 0. The second kappa shape index (κ2) is 8.34. The van der Waals surface area contributed by atoms with Gasteiger partial charge in [0.25, 0.3) is 0 Å². The van der Waals surface area contributed by atoms with Crippen molar-refractivity contribution < 1.29 is 0 Å². The number of terminal acetylenes is 1. The van der Waals surface area contributed by atoms with E-state index in [1.807, 2.05) is 12.1 Å². The van der Waals surface area contributed by atoms with Crippen molar-refractivity contribution in [3.05, 3.63) is 102 Å². The molecule has 0 amide bonds. The monoisotopic (exact) mass is 382 g/mol. The minimum Gasteiger partial charge on any atom is -0.115 e. The Morgan fingerprint density at radius 2 is 1.71 bits per heavy atom. The van der Waals surface area contributed by atoms with Crippen LogP contribution in [-0.2, 0) is 6.42 Å². The summed E-state index contributed by atoms with van der Waals surface area (Å²) in [5.41, 5.74) is 9.22. The molecule has 0 spiro atoms. The van der Waals surface area contributed by atoms with Crippen molar-refractivity contribution in [1.29, 1.82) is 0 Å². The van der Waals surface area contributed by atoms with Crippen molar-refractivity contribution in [1.82, 2.24) is 0 Å². The Morgan fingerprint density at radius 3 is 2.46 bits per heavy atom. The topological polar surface area (TPSA) is 0 Å². The molecule has 28 heavy (non-hydrogen) atoms. The van der Waals surface area contributed by atoms with Crippen LogP contribution in [0.15, 0.2) is 80.4 Å². The molecule has 0 nitrogen and oxygen atoms in total. The van der Waals surface area contributed by atoms with Crippen LogP contribution in [0, 0.1) is 12.3 Å². The van der Waals surface area contributed by atoms with Crippen molar-refractivity contribution in [2.24, 2.45) is 0 Å². The normalized spacial score (nSPS) is 14.0. The van der Waals surface area contributed by atoms with Crippen molar-refractivity contribution in [2.45, 2.75) is 19.3 Å². The second-order valence-corrected chi connectivity index (χ2v) is 7.28. The van der Waals surface area contributed by atoms with Gasteiger partial charge in [-0.1, -0.05) is 79.6 Å². The number of benzene rings is 3. The number of hydrogen-bond acceptors (Lipinski definition) is 0. The van der Waals surface area contributed by atoms with Crippen molar-refractivity contribution >= 4 is 17.2 Å². The molecular formula is C27H23Cl. The SMILES string of the molecule is C#CC(=C)c1cc(Cl)ccc1-c1cccc2c1-c1ccccc1CC2C.C=C. The molecule has 0 saturated heterocycles. The minimum atomic E-state index is 0.478.